The van der Waals surface area contributed by atoms with Crippen molar-refractivity contribution in [3.8, 4) is 5.75 Å². The number of benzene rings is 3. The van der Waals surface area contributed by atoms with E-state index in [0.717, 1.165) is 15.4 Å². The van der Waals surface area contributed by atoms with Gasteiger partial charge in [-0.2, -0.15) is 4.31 Å². The van der Waals surface area contributed by atoms with Gasteiger partial charge in [-0.05, 0) is 36.2 Å². The van der Waals surface area contributed by atoms with E-state index >= 15 is 0 Å². The molecule has 168 valence electrons. The third kappa shape index (κ3) is 5.88. The van der Waals surface area contributed by atoms with Crippen molar-refractivity contribution >= 4 is 27.5 Å². The van der Waals surface area contributed by atoms with E-state index in [1.54, 1.807) is 6.07 Å². The van der Waals surface area contributed by atoms with Crippen LogP contribution in [0.1, 0.15) is 24.1 Å². The first-order valence-electron chi connectivity index (χ1n) is 10.0. The third-order valence-electron chi connectivity index (χ3n) is 4.94. The number of methoxy groups -OCH3 is 1. The summed E-state index contributed by atoms with van der Waals surface area (Å²) in [5.74, 6) is -0.257. The van der Waals surface area contributed by atoms with Crippen LogP contribution in [0.2, 0.25) is 5.02 Å². The summed E-state index contributed by atoms with van der Waals surface area (Å²) in [5.41, 5.74) is 1.68. The Morgan fingerprint density at radius 3 is 2.28 bits per heavy atom. The van der Waals surface area contributed by atoms with E-state index in [0.29, 0.717) is 0 Å². The molecule has 0 aliphatic heterocycles. The summed E-state index contributed by atoms with van der Waals surface area (Å²) in [6.45, 7) is 1.51. The van der Waals surface area contributed by atoms with Crippen LogP contribution in [0.15, 0.2) is 83.8 Å². The van der Waals surface area contributed by atoms with E-state index in [1.807, 2.05) is 67.6 Å². The van der Waals surface area contributed by atoms with Gasteiger partial charge in [0.15, 0.2) is 0 Å². The Labute approximate surface area is 193 Å². The summed E-state index contributed by atoms with van der Waals surface area (Å²) in [4.78, 5) is 12.8. The molecule has 32 heavy (non-hydrogen) atoms. The van der Waals surface area contributed by atoms with Gasteiger partial charge in [-0.1, -0.05) is 72.3 Å². The van der Waals surface area contributed by atoms with Crippen LogP contribution >= 0.6 is 11.6 Å². The van der Waals surface area contributed by atoms with Crippen LogP contribution in [0.3, 0.4) is 0 Å². The first kappa shape index (κ1) is 23.8. The Balaban J connectivity index is 1.90. The largest absolute Gasteiger partial charge is 0.495 e. The molecule has 3 aromatic rings. The lowest BCUT2D eigenvalue weighted by Gasteiger charge is -2.24. The second-order valence-corrected chi connectivity index (χ2v) is 9.60. The Hall–Kier alpha value is -2.87. The monoisotopic (exact) mass is 472 g/mol. The number of rotatable bonds is 9. The molecule has 3 rings (SSSR count). The molecule has 0 aliphatic carbocycles. The smallest absolute Gasteiger partial charge is 0.247 e. The quantitative estimate of drug-likeness (QED) is 0.500. The number of halogens is 1. The van der Waals surface area contributed by atoms with Crippen molar-refractivity contribution < 1.29 is 17.9 Å². The number of hydrogen-bond donors (Lipinski definition) is 1. The van der Waals surface area contributed by atoms with Crippen molar-refractivity contribution in [3.05, 3.63) is 95.0 Å². The van der Waals surface area contributed by atoms with E-state index in [2.05, 4.69) is 5.32 Å². The molecule has 1 atom stereocenters. The molecule has 0 bridgehead atoms. The lowest BCUT2D eigenvalue weighted by atomic mass is 10.1. The zero-order valence-corrected chi connectivity index (χ0v) is 19.4. The molecule has 0 fully saturated rings. The highest BCUT2D eigenvalue weighted by Crippen LogP contribution is 2.30. The first-order chi connectivity index (χ1) is 15.3. The van der Waals surface area contributed by atoms with Crippen LogP contribution < -0.4 is 10.1 Å². The van der Waals surface area contributed by atoms with Gasteiger partial charge in [0.05, 0.1) is 19.7 Å². The number of ether oxygens (including phenoxy) is 1. The Kier molecular flexibility index (Phi) is 7.90. The molecule has 0 saturated carbocycles. The standard InChI is InChI=1S/C24H25ClN2O4S/c1-18(20-11-7-4-8-12-20)26-24(28)17-27(16-19-9-5-3-6-10-19)32(29,30)23-15-21(25)13-14-22(23)31-2/h3-15,18H,16-17H2,1-2H3,(H,26,28)/t18-/m1/s1. The fourth-order valence-electron chi connectivity index (χ4n) is 3.28. The number of carbonyl (C=O) groups excluding carboxylic acids is 1. The van der Waals surface area contributed by atoms with Gasteiger partial charge in [0.25, 0.3) is 0 Å². The number of nitrogens with one attached hydrogen (secondary N) is 1. The van der Waals surface area contributed by atoms with Crippen LogP contribution in [0.5, 0.6) is 5.75 Å². The van der Waals surface area contributed by atoms with Crippen LogP contribution in [-0.2, 0) is 21.4 Å². The molecule has 8 heteroatoms. The molecule has 0 heterocycles. The molecule has 1 N–H and O–H groups in total. The van der Waals surface area contributed by atoms with E-state index in [1.165, 1.54) is 19.2 Å². The number of amides is 1. The van der Waals surface area contributed by atoms with Gasteiger partial charge in [0.2, 0.25) is 15.9 Å². The normalized spacial score (nSPS) is 12.4. The Morgan fingerprint density at radius 2 is 1.66 bits per heavy atom. The summed E-state index contributed by atoms with van der Waals surface area (Å²) < 4.78 is 33.5. The van der Waals surface area contributed by atoms with Crippen molar-refractivity contribution in [2.75, 3.05) is 13.7 Å². The highest BCUT2D eigenvalue weighted by molar-refractivity contribution is 7.89. The second-order valence-electron chi connectivity index (χ2n) is 7.25. The summed E-state index contributed by atoms with van der Waals surface area (Å²) in [5, 5.41) is 3.13. The molecule has 0 saturated heterocycles. The summed E-state index contributed by atoms with van der Waals surface area (Å²) >= 11 is 6.07. The first-order valence-corrected chi connectivity index (χ1v) is 11.8. The second kappa shape index (κ2) is 10.6. The Bertz CT molecular complexity index is 1160. The molecular weight excluding hydrogens is 448 g/mol. The van der Waals surface area contributed by atoms with Gasteiger partial charge in [-0.25, -0.2) is 8.42 Å². The van der Waals surface area contributed by atoms with Gasteiger partial charge in [0.1, 0.15) is 10.6 Å². The van der Waals surface area contributed by atoms with Crippen molar-refractivity contribution in [2.45, 2.75) is 24.4 Å². The van der Waals surface area contributed by atoms with Gasteiger partial charge in [-0.3, -0.25) is 4.79 Å². The SMILES string of the molecule is COc1ccc(Cl)cc1S(=O)(=O)N(CC(=O)N[C@H](C)c1ccccc1)Cc1ccccc1. The molecule has 0 aromatic heterocycles. The minimum Gasteiger partial charge on any atom is -0.495 e. The lowest BCUT2D eigenvalue weighted by Crippen LogP contribution is -2.41. The van der Waals surface area contributed by atoms with Crippen LogP contribution in [-0.4, -0.2) is 32.3 Å². The molecule has 0 radical (unpaired) electrons. The Morgan fingerprint density at radius 1 is 1.03 bits per heavy atom. The van der Waals surface area contributed by atoms with Gasteiger partial charge in [0, 0.05) is 11.6 Å². The molecule has 6 nitrogen and oxygen atoms in total. The van der Waals surface area contributed by atoms with Gasteiger partial charge < -0.3 is 10.1 Å². The van der Waals surface area contributed by atoms with Crippen LogP contribution in [0, 0.1) is 0 Å². The highest BCUT2D eigenvalue weighted by Gasteiger charge is 2.30. The fourth-order valence-corrected chi connectivity index (χ4v) is 5.08. The minimum absolute atomic E-state index is 0.0198. The molecular formula is C24H25ClN2O4S. The van der Waals surface area contributed by atoms with E-state index in [9.17, 15) is 13.2 Å². The minimum atomic E-state index is -4.10. The van der Waals surface area contributed by atoms with Crippen molar-refractivity contribution in [1.82, 2.24) is 9.62 Å². The molecule has 1 amide bonds. The average molecular weight is 473 g/mol. The summed E-state index contributed by atoms with van der Waals surface area (Å²) in [7, 11) is -2.71. The predicted molar refractivity (Wildman–Crippen MR) is 125 cm³/mol. The molecule has 0 unspecified atom stereocenters. The fraction of sp³-hybridized carbons (Fsp3) is 0.208. The van der Waals surface area contributed by atoms with Crippen molar-refractivity contribution in [2.24, 2.45) is 0 Å². The number of carbonyl (C=O) groups is 1. The van der Waals surface area contributed by atoms with Gasteiger partial charge in [-0.15, -0.1) is 0 Å². The van der Waals surface area contributed by atoms with Crippen molar-refractivity contribution in [3.63, 3.8) is 0 Å². The van der Waals surface area contributed by atoms with E-state index < -0.39 is 15.9 Å². The lowest BCUT2D eigenvalue weighted by molar-refractivity contribution is -0.122. The summed E-state index contributed by atoms with van der Waals surface area (Å²) in [6.07, 6.45) is 0. The van der Waals surface area contributed by atoms with E-state index in [4.69, 9.17) is 16.3 Å². The maximum atomic E-state index is 13.6. The number of hydrogen-bond acceptors (Lipinski definition) is 4. The molecule has 0 spiro atoms. The number of nitrogens with zero attached hydrogens (tertiary/aromatic N) is 1. The maximum absolute atomic E-state index is 13.6. The zero-order valence-electron chi connectivity index (χ0n) is 17.9. The zero-order chi connectivity index (χ0) is 23.1. The average Bonchev–Trinajstić information content (AvgIpc) is 2.79. The van der Waals surface area contributed by atoms with Crippen molar-refractivity contribution in [1.29, 1.82) is 0 Å². The van der Waals surface area contributed by atoms with Crippen LogP contribution in [0.4, 0.5) is 0 Å². The predicted octanol–water partition coefficient (Wildman–Crippen LogP) is 4.42. The number of sulfonamides is 1. The highest BCUT2D eigenvalue weighted by atomic mass is 35.5. The van der Waals surface area contributed by atoms with Crippen LogP contribution in [0.25, 0.3) is 0 Å². The van der Waals surface area contributed by atoms with Gasteiger partial charge >= 0.3 is 0 Å². The maximum Gasteiger partial charge on any atom is 0.247 e. The molecule has 0 aliphatic rings. The topological polar surface area (TPSA) is 75.7 Å². The third-order valence-corrected chi connectivity index (χ3v) is 6.99. The molecule has 3 aromatic carbocycles. The summed E-state index contributed by atoms with van der Waals surface area (Å²) in [6, 6.07) is 22.7. The van der Waals surface area contributed by atoms with E-state index in [-0.39, 0.29) is 34.8 Å².